The van der Waals surface area contributed by atoms with Gasteiger partial charge in [-0.1, -0.05) is 0 Å². The summed E-state index contributed by atoms with van der Waals surface area (Å²) in [7, 11) is 1.35. The SMILES string of the molecule is COc1cc(C#N)n[nH]c1=O. The number of nitriles is 1. The molecular formula is C6H5N3O2. The monoisotopic (exact) mass is 151 g/mol. The van der Waals surface area contributed by atoms with Crippen molar-refractivity contribution in [1.29, 1.82) is 5.26 Å². The van der Waals surface area contributed by atoms with Crippen molar-refractivity contribution in [2.24, 2.45) is 0 Å². The van der Waals surface area contributed by atoms with E-state index in [9.17, 15) is 4.79 Å². The molecule has 0 aliphatic rings. The van der Waals surface area contributed by atoms with E-state index >= 15 is 0 Å². The number of aromatic nitrogens is 2. The molecule has 0 spiro atoms. The first-order valence-electron chi connectivity index (χ1n) is 2.81. The summed E-state index contributed by atoms with van der Waals surface area (Å²) in [5.41, 5.74) is -0.312. The van der Waals surface area contributed by atoms with Gasteiger partial charge in [0.2, 0.25) is 0 Å². The van der Waals surface area contributed by atoms with Gasteiger partial charge in [0.05, 0.1) is 7.11 Å². The first-order valence-corrected chi connectivity index (χ1v) is 2.81. The first kappa shape index (κ1) is 7.28. The van der Waals surface area contributed by atoms with Crippen LogP contribution < -0.4 is 10.3 Å². The summed E-state index contributed by atoms with van der Waals surface area (Å²) in [5, 5.41) is 13.9. The molecule has 1 rings (SSSR count). The third-order valence-electron chi connectivity index (χ3n) is 1.10. The van der Waals surface area contributed by atoms with E-state index in [4.69, 9.17) is 5.26 Å². The lowest BCUT2D eigenvalue weighted by Gasteiger charge is -1.95. The average molecular weight is 151 g/mol. The molecule has 0 bridgehead atoms. The number of rotatable bonds is 1. The molecule has 0 radical (unpaired) electrons. The van der Waals surface area contributed by atoms with E-state index in [0.717, 1.165) is 0 Å². The maximum absolute atomic E-state index is 10.8. The fourth-order valence-corrected chi connectivity index (χ4v) is 0.597. The van der Waals surface area contributed by atoms with Crippen LogP contribution in [-0.2, 0) is 0 Å². The highest BCUT2D eigenvalue weighted by atomic mass is 16.5. The molecule has 0 saturated carbocycles. The summed E-state index contributed by atoms with van der Waals surface area (Å²) >= 11 is 0. The molecule has 0 aliphatic heterocycles. The van der Waals surface area contributed by atoms with Gasteiger partial charge >= 0.3 is 5.56 Å². The molecule has 0 unspecified atom stereocenters. The highest BCUT2D eigenvalue weighted by Crippen LogP contribution is 2.00. The van der Waals surface area contributed by atoms with Crippen molar-refractivity contribution in [3.8, 4) is 11.8 Å². The van der Waals surface area contributed by atoms with Crippen LogP contribution in [0.1, 0.15) is 5.69 Å². The predicted molar refractivity (Wildman–Crippen MR) is 36.1 cm³/mol. The zero-order chi connectivity index (χ0) is 8.27. The van der Waals surface area contributed by atoms with Gasteiger partial charge in [-0.05, 0) is 0 Å². The molecule has 0 fully saturated rings. The molecule has 0 saturated heterocycles. The highest BCUT2D eigenvalue weighted by Gasteiger charge is 2.00. The molecule has 56 valence electrons. The van der Waals surface area contributed by atoms with E-state index < -0.39 is 5.56 Å². The summed E-state index contributed by atoms with van der Waals surface area (Å²) in [6.45, 7) is 0. The Balaban J connectivity index is 3.26. The van der Waals surface area contributed by atoms with Crippen molar-refractivity contribution in [2.75, 3.05) is 7.11 Å². The standard InChI is InChI=1S/C6H5N3O2/c1-11-5-2-4(3-7)8-9-6(5)10/h2H,1H3,(H,9,10). The topological polar surface area (TPSA) is 78.8 Å². The van der Waals surface area contributed by atoms with Gasteiger partial charge in [0.25, 0.3) is 0 Å². The quantitative estimate of drug-likeness (QED) is 0.595. The molecule has 1 N–H and O–H groups in total. The molecule has 0 amide bonds. The first-order chi connectivity index (χ1) is 5.27. The summed E-state index contributed by atoms with van der Waals surface area (Å²) in [6.07, 6.45) is 0. The fraction of sp³-hybridized carbons (Fsp3) is 0.167. The Kier molecular flexibility index (Phi) is 1.88. The zero-order valence-corrected chi connectivity index (χ0v) is 5.79. The van der Waals surface area contributed by atoms with Crippen LogP contribution in [0.25, 0.3) is 0 Å². The second-order valence-corrected chi connectivity index (χ2v) is 1.76. The normalized spacial score (nSPS) is 8.73. The molecule has 1 aromatic heterocycles. The fourth-order valence-electron chi connectivity index (χ4n) is 0.597. The third-order valence-corrected chi connectivity index (χ3v) is 1.10. The van der Waals surface area contributed by atoms with Gasteiger partial charge < -0.3 is 4.74 Å². The van der Waals surface area contributed by atoms with Gasteiger partial charge in [0.1, 0.15) is 6.07 Å². The van der Waals surface area contributed by atoms with Crippen LogP contribution in [0.3, 0.4) is 0 Å². The number of nitrogens with zero attached hydrogens (tertiary/aromatic N) is 2. The number of hydrogen-bond donors (Lipinski definition) is 1. The minimum atomic E-state index is -0.438. The second kappa shape index (κ2) is 2.84. The van der Waals surface area contributed by atoms with Crippen molar-refractivity contribution < 1.29 is 4.74 Å². The van der Waals surface area contributed by atoms with Gasteiger partial charge in [0, 0.05) is 6.07 Å². The Morgan fingerprint density at radius 2 is 2.55 bits per heavy atom. The Morgan fingerprint density at radius 3 is 3.09 bits per heavy atom. The third kappa shape index (κ3) is 1.35. The van der Waals surface area contributed by atoms with Crippen LogP contribution in [0.4, 0.5) is 0 Å². The predicted octanol–water partition coefficient (Wildman–Crippen LogP) is -0.350. The molecule has 5 heteroatoms. The van der Waals surface area contributed by atoms with Crippen LogP contribution in [0, 0.1) is 11.3 Å². The van der Waals surface area contributed by atoms with E-state index in [1.54, 1.807) is 6.07 Å². The number of methoxy groups -OCH3 is 1. The lowest BCUT2D eigenvalue weighted by Crippen LogP contribution is -2.11. The van der Waals surface area contributed by atoms with E-state index in [1.807, 2.05) is 0 Å². The lowest BCUT2D eigenvalue weighted by atomic mass is 10.4. The average Bonchev–Trinajstić information content (AvgIpc) is 2.05. The van der Waals surface area contributed by atoms with Crippen LogP contribution >= 0.6 is 0 Å². The molecule has 0 aliphatic carbocycles. The smallest absolute Gasteiger partial charge is 0.306 e. The largest absolute Gasteiger partial charge is 0.491 e. The molecule has 11 heavy (non-hydrogen) atoms. The number of hydrogen-bond acceptors (Lipinski definition) is 4. The van der Waals surface area contributed by atoms with Crippen LogP contribution in [0.15, 0.2) is 10.9 Å². The van der Waals surface area contributed by atoms with Crippen molar-refractivity contribution in [1.82, 2.24) is 10.2 Å². The summed E-state index contributed by atoms with van der Waals surface area (Å²) < 4.78 is 4.65. The van der Waals surface area contributed by atoms with E-state index in [-0.39, 0.29) is 11.4 Å². The van der Waals surface area contributed by atoms with Crippen molar-refractivity contribution >= 4 is 0 Å². The number of nitrogens with one attached hydrogen (secondary N) is 1. The van der Waals surface area contributed by atoms with Gasteiger partial charge in [0.15, 0.2) is 11.4 Å². The van der Waals surface area contributed by atoms with E-state index in [1.165, 1.54) is 13.2 Å². The van der Waals surface area contributed by atoms with Gasteiger partial charge in [-0.15, -0.1) is 0 Å². The molecule has 1 heterocycles. The Morgan fingerprint density at radius 1 is 1.82 bits per heavy atom. The van der Waals surface area contributed by atoms with Crippen molar-refractivity contribution in [3.05, 3.63) is 22.1 Å². The summed E-state index contributed by atoms with van der Waals surface area (Å²) in [5.74, 6) is 0.0940. The number of ether oxygens (including phenoxy) is 1. The molecule has 5 nitrogen and oxygen atoms in total. The minimum absolute atomic E-state index is 0.0940. The van der Waals surface area contributed by atoms with Crippen LogP contribution in [-0.4, -0.2) is 17.3 Å². The minimum Gasteiger partial charge on any atom is -0.491 e. The van der Waals surface area contributed by atoms with E-state index in [0.29, 0.717) is 0 Å². The molecular weight excluding hydrogens is 146 g/mol. The van der Waals surface area contributed by atoms with Crippen molar-refractivity contribution in [3.63, 3.8) is 0 Å². The summed E-state index contributed by atoms with van der Waals surface area (Å²) in [6, 6.07) is 3.04. The van der Waals surface area contributed by atoms with Crippen LogP contribution in [0.5, 0.6) is 5.75 Å². The van der Waals surface area contributed by atoms with Crippen molar-refractivity contribution in [2.45, 2.75) is 0 Å². The molecule has 0 atom stereocenters. The maximum Gasteiger partial charge on any atom is 0.306 e. The summed E-state index contributed by atoms with van der Waals surface area (Å²) in [4.78, 5) is 10.8. The van der Waals surface area contributed by atoms with Gasteiger partial charge in [-0.2, -0.15) is 10.4 Å². The lowest BCUT2D eigenvalue weighted by molar-refractivity contribution is 0.406. The maximum atomic E-state index is 10.8. The Labute approximate surface area is 62.2 Å². The Hall–Kier alpha value is -1.83. The van der Waals surface area contributed by atoms with Crippen LogP contribution in [0.2, 0.25) is 0 Å². The number of H-pyrrole nitrogens is 1. The second-order valence-electron chi connectivity index (χ2n) is 1.76. The molecule has 1 aromatic rings. The zero-order valence-electron chi connectivity index (χ0n) is 5.79. The molecule has 0 aromatic carbocycles. The Bertz CT molecular complexity index is 350. The van der Waals surface area contributed by atoms with E-state index in [2.05, 4.69) is 14.9 Å². The van der Waals surface area contributed by atoms with Gasteiger partial charge in [-0.25, -0.2) is 5.10 Å². The highest BCUT2D eigenvalue weighted by molar-refractivity contribution is 5.26. The number of aromatic amines is 1. The van der Waals surface area contributed by atoms with Gasteiger partial charge in [-0.3, -0.25) is 4.79 Å².